The number of rotatable bonds is 4. The van der Waals surface area contributed by atoms with Gasteiger partial charge in [-0.05, 0) is 47.9 Å². The predicted octanol–water partition coefficient (Wildman–Crippen LogP) is 4.45. The third-order valence-corrected chi connectivity index (χ3v) is 4.26. The van der Waals surface area contributed by atoms with Crippen molar-refractivity contribution in [3.8, 4) is 5.69 Å². The van der Waals surface area contributed by atoms with Gasteiger partial charge in [0.1, 0.15) is 11.5 Å². The van der Waals surface area contributed by atoms with Crippen molar-refractivity contribution in [2.24, 2.45) is 0 Å². The molecule has 0 saturated heterocycles. The van der Waals surface area contributed by atoms with Crippen molar-refractivity contribution in [2.75, 3.05) is 0 Å². The van der Waals surface area contributed by atoms with Crippen LogP contribution in [0.4, 0.5) is 4.39 Å². The highest BCUT2D eigenvalue weighted by Crippen LogP contribution is 2.21. The summed E-state index contributed by atoms with van der Waals surface area (Å²) >= 11 is 0. The molecule has 0 aliphatic heterocycles. The number of aromatic carboxylic acids is 1. The highest BCUT2D eigenvalue weighted by atomic mass is 19.1. The summed E-state index contributed by atoms with van der Waals surface area (Å²) in [5.74, 6) is -1.78. The van der Waals surface area contributed by atoms with E-state index in [0.29, 0.717) is 0 Å². The smallest absolute Gasteiger partial charge is 0.335 e. The highest BCUT2D eigenvalue weighted by Gasteiger charge is 2.11. The Labute approximate surface area is 149 Å². The summed E-state index contributed by atoms with van der Waals surface area (Å²) in [4.78, 5) is 10.9. The molecule has 1 aromatic heterocycles. The molecule has 4 rings (SSSR count). The summed E-state index contributed by atoms with van der Waals surface area (Å²) in [6.07, 6.45) is 2.56. The van der Waals surface area contributed by atoms with Gasteiger partial charge in [0.25, 0.3) is 0 Å². The number of benzene rings is 3. The second-order valence-corrected chi connectivity index (χ2v) is 6.10. The molecule has 0 amide bonds. The number of carbonyl (C=O) groups is 1. The van der Waals surface area contributed by atoms with Gasteiger partial charge in [0.2, 0.25) is 0 Å². The van der Waals surface area contributed by atoms with Gasteiger partial charge in [-0.3, -0.25) is 0 Å². The number of hydrogen-bond donors (Lipinski definition) is 1. The minimum Gasteiger partial charge on any atom is -0.478 e. The number of aromatic nitrogens is 2. The van der Waals surface area contributed by atoms with Gasteiger partial charge in [-0.2, -0.15) is 5.10 Å². The van der Waals surface area contributed by atoms with E-state index in [0.717, 1.165) is 29.0 Å². The van der Waals surface area contributed by atoms with Gasteiger partial charge in [-0.25, -0.2) is 13.9 Å². The van der Waals surface area contributed by atoms with Crippen LogP contribution >= 0.6 is 0 Å². The lowest BCUT2D eigenvalue weighted by atomic mass is 10.0. The van der Waals surface area contributed by atoms with Crippen molar-refractivity contribution in [2.45, 2.75) is 6.42 Å². The van der Waals surface area contributed by atoms with Crippen LogP contribution in [0, 0.1) is 5.82 Å². The van der Waals surface area contributed by atoms with E-state index in [2.05, 4.69) is 17.2 Å². The van der Waals surface area contributed by atoms with Crippen molar-refractivity contribution in [1.29, 1.82) is 0 Å². The molecule has 0 atom stereocenters. The average molecular weight is 346 g/mol. The molecule has 0 spiro atoms. The minimum absolute atomic E-state index is 0.0897. The van der Waals surface area contributed by atoms with E-state index in [1.54, 1.807) is 6.20 Å². The molecule has 3 aromatic carbocycles. The maximum Gasteiger partial charge on any atom is 0.335 e. The Bertz CT molecular complexity index is 1100. The fourth-order valence-electron chi connectivity index (χ4n) is 2.97. The van der Waals surface area contributed by atoms with E-state index in [1.807, 2.05) is 36.4 Å². The molecular weight excluding hydrogens is 331 g/mol. The molecule has 0 saturated carbocycles. The van der Waals surface area contributed by atoms with Crippen LogP contribution in [0.25, 0.3) is 16.6 Å². The Morgan fingerprint density at radius 1 is 1.00 bits per heavy atom. The first kappa shape index (κ1) is 16.0. The van der Waals surface area contributed by atoms with Gasteiger partial charge < -0.3 is 5.11 Å². The van der Waals surface area contributed by atoms with E-state index in [1.165, 1.54) is 22.4 Å². The van der Waals surface area contributed by atoms with Crippen LogP contribution in [0.15, 0.2) is 72.9 Å². The van der Waals surface area contributed by atoms with Crippen LogP contribution in [-0.4, -0.2) is 20.9 Å². The summed E-state index contributed by atoms with van der Waals surface area (Å²) in [5.41, 5.74) is 3.24. The summed E-state index contributed by atoms with van der Waals surface area (Å²) < 4.78 is 15.7. The molecule has 5 heteroatoms. The van der Waals surface area contributed by atoms with Crippen LogP contribution in [0.3, 0.4) is 0 Å². The lowest BCUT2D eigenvalue weighted by molar-refractivity contribution is 0.0696. The average Bonchev–Trinajstić information content (AvgIpc) is 3.05. The van der Waals surface area contributed by atoms with Crippen LogP contribution in [0.1, 0.15) is 21.5 Å². The predicted molar refractivity (Wildman–Crippen MR) is 97.2 cm³/mol. The second-order valence-electron chi connectivity index (χ2n) is 6.10. The van der Waals surface area contributed by atoms with Crippen molar-refractivity contribution in [1.82, 2.24) is 9.78 Å². The van der Waals surface area contributed by atoms with Gasteiger partial charge in [0, 0.05) is 11.6 Å². The first-order chi connectivity index (χ1) is 12.6. The van der Waals surface area contributed by atoms with Crippen molar-refractivity contribution < 1.29 is 14.3 Å². The van der Waals surface area contributed by atoms with Crippen LogP contribution in [0.5, 0.6) is 0 Å². The van der Waals surface area contributed by atoms with Crippen LogP contribution in [-0.2, 0) is 6.42 Å². The second kappa shape index (κ2) is 6.44. The molecule has 0 unspecified atom stereocenters. The Morgan fingerprint density at radius 3 is 2.54 bits per heavy atom. The first-order valence-corrected chi connectivity index (χ1v) is 8.15. The number of nitrogens with zero attached hydrogens (tertiary/aromatic N) is 2. The first-order valence-electron chi connectivity index (χ1n) is 8.15. The molecule has 0 bridgehead atoms. The van der Waals surface area contributed by atoms with Crippen molar-refractivity contribution in [3.05, 3.63) is 95.4 Å². The number of carboxylic acid groups (broad SMARTS) is 1. The lowest BCUT2D eigenvalue weighted by Crippen LogP contribution is -2.02. The zero-order valence-electron chi connectivity index (χ0n) is 13.8. The Kier molecular flexibility index (Phi) is 3.97. The molecule has 26 heavy (non-hydrogen) atoms. The van der Waals surface area contributed by atoms with Crippen molar-refractivity contribution >= 4 is 16.9 Å². The zero-order chi connectivity index (χ0) is 18.1. The van der Waals surface area contributed by atoms with Gasteiger partial charge in [-0.1, -0.05) is 36.4 Å². The number of hydrogen-bond acceptors (Lipinski definition) is 2. The Morgan fingerprint density at radius 2 is 1.81 bits per heavy atom. The molecule has 0 radical (unpaired) electrons. The Hall–Kier alpha value is -3.47. The molecule has 1 N–H and O–H groups in total. The quantitative estimate of drug-likeness (QED) is 0.594. The minimum atomic E-state index is -1.16. The van der Waals surface area contributed by atoms with Gasteiger partial charge in [0.05, 0.1) is 11.1 Å². The topological polar surface area (TPSA) is 55.1 Å². The molecule has 0 aliphatic rings. The van der Waals surface area contributed by atoms with Crippen molar-refractivity contribution in [3.63, 3.8) is 0 Å². The summed E-state index contributed by atoms with van der Waals surface area (Å²) in [7, 11) is 0. The van der Waals surface area contributed by atoms with Crippen LogP contribution < -0.4 is 0 Å². The number of carboxylic acids is 1. The summed E-state index contributed by atoms with van der Waals surface area (Å²) in [6.45, 7) is 0. The standard InChI is InChI=1S/C21H15FN2O2/c22-18-12-16(21(25)26)7-9-20(18)24-13-17-11-15(6-8-19(17)23-24)10-14-4-2-1-3-5-14/h1-9,11-13H,10H2,(H,25,26). The molecule has 1 heterocycles. The Balaban J connectivity index is 1.69. The lowest BCUT2D eigenvalue weighted by Gasteiger charge is -2.03. The van der Waals surface area contributed by atoms with Gasteiger partial charge in [0.15, 0.2) is 0 Å². The van der Waals surface area contributed by atoms with E-state index in [-0.39, 0.29) is 11.3 Å². The summed E-state index contributed by atoms with van der Waals surface area (Å²) in [6, 6.07) is 19.9. The third kappa shape index (κ3) is 3.07. The molecule has 4 nitrogen and oxygen atoms in total. The highest BCUT2D eigenvalue weighted by molar-refractivity contribution is 5.88. The molecule has 4 aromatic rings. The maximum atomic E-state index is 14.3. The molecular formula is C21H15FN2O2. The van der Waals surface area contributed by atoms with E-state index in [4.69, 9.17) is 5.11 Å². The molecule has 0 aliphatic carbocycles. The third-order valence-electron chi connectivity index (χ3n) is 4.26. The fourth-order valence-corrected chi connectivity index (χ4v) is 2.97. The van der Waals surface area contributed by atoms with Gasteiger partial charge >= 0.3 is 5.97 Å². The number of halogens is 1. The van der Waals surface area contributed by atoms with Gasteiger partial charge in [-0.15, -0.1) is 0 Å². The normalized spacial score (nSPS) is 11.0. The molecule has 0 fully saturated rings. The van der Waals surface area contributed by atoms with E-state index in [9.17, 15) is 9.18 Å². The summed E-state index contributed by atoms with van der Waals surface area (Å²) in [5, 5.41) is 14.2. The number of fused-ring (bicyclic) bond motifs is 1. The fraction of sp³-hybridized carbons (Fsp3) is 0.0476. The van der Waals surface area contributed by atoms with Crippen LogP contribution in [0.2, 0.25) is 0 Å². The van der Waals surface area contributed by atoms with E-state index < -0.39 is 11.8 Å². The largest absolute Gasteiger partial charge is 0.478 e. The SMILES string of the molecule is O=C(O)c1ccc(-n2cc3cc(Cc4ccccc4)ccc3n2)c(F)c1. The van der Waals surface area contributed by atoms with E-state index >= 15 is 0 Å². The molecule has 128 valence electrons. The maximum absolute atomic E-state index is 14.3. The monoisotopic (exact) mass is 346 g/mol. The zero-order valence-corrected chi connectivity index (χ0v) is 13.8.